The molecule has 3 N–H and O–H groups in total. The number of hydrogen-bond donors (Lipinski definition) is 3. The minimum atomic E-state index is -3.30. The van der Waals surface area contributed by atoms with Gasteiger partial charge in [0.05, 0.1) is 18.7 Å². The smallest absolute Gasteiger partial charge is 0.550 e. The predicted octanol–water partition coefficient (Wildman–Crippen LogP) is -15.3. The molecule has 0 aromatic rings. The van der Waals surface area contributed by atoms with Crippen LogP contribution in [0.15, 0.2) is 0 Å². The molecule has 3 unspecified atom stereocenters. The molecule has 0 rings (SSSR count). The van der Waals surface area contributed by atoms with Gasteiger partial charge in [0.1, 0.15) is 5.60 Å². The van der Waals surface area contributed by atoms with Gasteiger partial charge >= 0.3 is 88.7 Å². The molecule has 9 nitrogen and oxygen atoms in total. The Morgan fingerprint density at radius 1 is 1.05 bits per heavy atom. The average Bonchev–Trinajstić information content (AvgIpc) is 2.23. The van der Waals surface area contributed by atoms with E-state index in [4.69, 9.17) is 10.2 Å². The molecule has 0 heterocycles. The predicted molar refractivity (Wildman–Crippen MR) is 45.8 cm³/mol. The van der Waals surface area contributed by atoms with Crippen molar-refractivity contribution in [2.45, 2.75) is 24.5 Å². The van der Waals surface area contributed by atoms with Crippen molar-refractivity contribution >= 4 is 17.9 Å². The summed E-state index contributed by atoms with van der Waals surface area (Å²) in [5.41, 5.74) is -3.30. The summed E-state index contributed by atoms with van der Waals surface area (Å²) >= 11 is 0. The second kappa shape index (κ2) is 13.7. The van der Waals surface area contributed by atoms with E-state index >= 15 is 0 Å². The van der Waals surface area contributed by atoms with Gasteiger partial charge in [0.2, 0.25) is 0 Å². The minimum Gasteiger partial charge on any atom is -0.550 e. The fraction of sp³-hybridized carbons (Fsp3) is 0.667. The van der Waals surface area contributed by atoms with Gasteiger partial charge in [0.25, 0.3) is 0 Å². The number of carboxylic acid groups (broad SMARTS) is 3. The van der Waals surface area contributed by atoms with Crippen molar-refractivity contribution in [1.82, 2.24) is 0 Å². The Bertz CT molecular complexity index is 351. The first-order chi connectivity index (χ1) is 8.15. The van der Waals surface area contributed by atoms with Crippen molar-refractivity contribution in [1.29, 1.82) is 0 Å². The van der Waals surface area contributed by atoms with Crippen LogP contribution >= 0.6 is 0 Å². The van der Waals surface area contributed by atoms with E-state index in [2.05, 4.69) is 0 Å². The fourth-order valence-electron chi connectivity index (χ4n) is 1.39. The number of aliphatic hydroxyl groups excluding tert-OH is 2. The topological polar surface area (TPSA) is 181 Å². The van der Waals surface area contributed by atoms with Gasteiger partial charge in [0.15, 0.2) is 0 Å². The average molecular weight is 332 g/mol. The van der Waals surface area contributed by atoms with Crippen LogP contribution in [-0.4, -0.2) is 51.5 Å². The van der Waals surface area contributed by atoms with E-state index in [1.807, 2.05) is 0 Å². The summed E-state index contributed by atoms with van der Waals surface area (Å²) in [7, 11) is 0. The Labute approximate surface area is 186 Å². The molecular weight excluding hydrogens is 321 g/mol. The van der Waals surface area contributed by atoms with E-state index in [0.29, 0.717) is 0 Å². The molecule has 0 radical (unpaired) electrons. The SMILES string of the molecule is O=C([O-])CC(O)(C(=O)[O-])C(CC(O)CO)C(=O)[O-].[Na+].[Na+].[Na+]. The molecule has 104 valence electrons. The largest absolute Gasteiger partial charge is 1.00 e. The summed E-state index contributed by atoms with van der Waals surface area (Å²) in [4.78, 5) is 31.7. The molecule has 0 aliphatic heterocycles. The molecule has 0 spiro atoms. The van der Waals surface area contributed by atoms with Crippen LogP contribution in [0.25, 0.3) is 0 Å². The molecule has 12 heteroatoms. The number of carbonyl (C=O) groups excluding carboxylic acids is 3. The van der Waals surface area contributed by atoms with Crippen molar-refractivity contribution in [3.63, 3.8) is 0 Å². The molecule has 0 aromatic carbocycles. The van der Waals surface area contributed by atoms with Crippen LogP contribution in [0.5, 0.6) is 0 Å². The van der Waals surface area contributed by atoms with Crippen LogP contribution in [-0.2, 0) is 14.4 Å². The normalized spacial score (nSPS) is 15.0. The van der Waals surface area contributed by atoms with E-state index in [9.17, 15) is 34.8 Å². The Hall–Kier alpha value is 1.29. The van der Waals surface area contributed by atoms with Crippen LogP contribution in [0, 0.1) is 5.92 Å². The third-order valence-electron chi connectivity index (χ3n) is 2.35. The maximum atomic E-state index is 10.7. The van der Waals surface area contributed by atoms with E-state index in [1.165, 1.54) is 0 Å². The number of aliphatic carboxylic acids is 3. The molecule has 0 amide bonds. The van der Waals surface area contributed by atoms with Crippen molar-refractivity contribution in [3.05, 3.63) is 0 Å². The zero-order chi connectivity index (χ0) is 14.5. The van der Waals surface area contributed by atoms with Crippen LogP contribution < -0.4 is 104 Å². The number of carbonyl (C=O) groups is 3. The van der Waals surface area contributed by atoms with E-state index in [1.54, 1.807) is 0 Å². The quantitative estimate of drug-likeness (QED) is 0.363. The summed E-state index contributed by atoms with van der Waals surface area (Å²) in [5, 5.41) is 58.8. The summed E-state index contributed by atoms with van der Waals surface area (Å²) in [6.45, 7) is -0.905. The number of aliphatic hydroxyl groups is 3. The molecule has 0 aromatic heterocycles. The van der Waals surface area contributed by atoms with E-state index < -0.39 is 55.0 Å². The second-order valence-corrected chi connectivity index (χ2v) is 3.70. The number of carboxylic acids is 3. The minimum absolute atomic E-state index is 0. The Morgan fingerprint density at radius 3 is 1.71 bits per heavy atom. The first kappa shape index (κ1) is 30.2. The van der Waals surface area contributed by atoms with Crippen LogP contribution in [0.4, 0.5) is 0 Å². The molecule has 0 saturated heterocycles. The zero-order valence-electron chi connectivity index (χ0n) is 12.1. The first-order valence-electron chi connectivity index (χ1n) is 4.78. The van der Waals surface area contributed by atoms with E-state index in [-0.39, 0.29) is 88.7 Å². The third-order valence-corrected chi connectivity index (χ3v) is 2.35. The molecule has 0 fully saturated rings. The van der Waals surface area contributed by atoms with Crippen LogP contribution in [0.1, 0.15) is 12.8 Å². The summed E-state index contributed by atoms with van der Waals surface area (Å²) in [5.74, 6) is -8.75. The second-order valence-electron chi connectivity index (χ2n) is 3.70. The van der Waals surface area contributed by atoms with Gasteiger partial charge in [-0.2, -0.15) is 0 Å². The molecule has 21 heavy (non-hydrogen) atoms. The maximum Gasteiger partial charge on any atom is 1.00 e. The van der Waals surface area contributed by atoms with Gasteiger partial charge < -0.3 is 45.0 Å². The van der Waals surface area contributed by atoms with E-state index in [0.717, 1.165) is 0 Å². The summed E-state index contributed by atoms with van der Waals surface area (Å²) in [6, 6.07) is 0. The number of rotatable bonds is 8. The molecule has 0 saturated carbocycles. The molecule has 0 aliphatic rings. The third kappa shape index (κ3) is 9.90. The van der Waals surface area contributed by atoms with Gasteiger partial charge in [-0.3, -0.25) is 0 Å². The first-order valence-corrected chi connectivity index (χ1v) is 4.78. The van der Waals surface area contributed by atoms with Crippen molar-refractivity contribution in [2.24, 2.45) is 5.92 Å². The summed E-state index contributed by atoms with van der Waals surface area (Å²) in [6.07, 6.45) is -4.14. The van der Waals surface area contributed by atoms with Gasteiger partial charge in [0, 0.05) is 24.3 Å². The van der Waals surface area contributed by atoms with Crippen molar-refractivity contribution < 1.29 is 134 Å². The van der Waals surface area contributed by atoms with Gasteiger partial charge in [-0.1, -0.05) is 0 Å². The van der Waals surface area contributed by atoms with Crippen LogP contribution in [0.2, 0.25) is 0 Å². The van der Waals surface area contributed by atoms with Gasteiger partial charge in [-0.15, -0.1) is 0 Å². The molecular formula is C9H11Na3O9. The monoisotopic (exact) mass is 332 g/mol. The van der Waals surface area contributed by atoms with Crippen molar-refractivity contribution in [2.75, 3.05) is 6.61 Å². The molecule has 0 aliphatic carbocycles. The number of hydrogen-bond acceptors (Lipinski definition) is 9. The molecule has 3 atom stereocenters. The Morgan fingerprint density at radius 2 is 1.48 bits per heavy atom. The van der Waals surface area contributed by atoms with Gasteiger partial charge in [-0.25, -0.2) is 0 Å². The Balaban J connectivity index is -0.000000482. The maximum absolute atomic E-state index is 10.7. The van der Waals surface area contributed by atoms with Crippen LogP contribution in [0.3, 0.4) is 0 Å². The molecule has 0 bridgehead atoms. The Kier molecular flexibility index (Phi) is 19.7. The van der Waals surface area contributed by atoms with Gasteiger partial charge in [-0.05, 0) is 6.42 Å². The summed E-state index contributed by atoms with van der Waals surface area (Å²) < 4.78 is 0. The fourth-order valence-corrected chi connectivity index (χ4v) is 1.39. The standard InChI is InChI=1S/C9H14O9.3Na/c10-3-4(11)1-5(7(14)15)9(18,8(16)17)2-6(12)13;;;/h4-5,10-11,18H,1-3H2,(H,12,13)(H,14,15)(H,16,17);;;/q;3*+1/p-3. The zero-order valence-corrected chi connectivity index (χ0v) is 18.1. The van der Waals surface area contributed by atoms with Crippen molar-refractivity contribution in [3.8, 4) is 0 Å².